The summed E-state index contributed by atoms with van der Waals surface area (Å²) in [5.74, 6) is 5.93. The smallest absolute Gasteiger partial charge is 0.343 e. The van der Waals surface area contributed by atoms with E-state index in [0.717, 1.165) is 40.7 Å². The lowest BCUT2D eigenvalue weighted by atomic mass is 10.1. The summed E-state index contributed by atoms with van der Waals surface area (Å²) in [7, 11) is 0. The van der Waals surface area contributed by atoms with E-state index >= 15 is 0 Å². The lowest BCUT2D eigenvalue weighted by Crippen LogP contribution is -2.10. The van der Waals surface area contributed by atoms with Crippen LogP contribution in [0.4, 0.5) is 0 Å². The predicted octanol–water partition coefficient (Wildman–Crippen LogP) is 6.41. The van der Waals surface area contributed by atoms with Crippen molar-refractivity contribution in [3.8, 4) is 23.3 Å². The number of hydrogen-bond acceptors (Lipinski definition) is 7. The standard InChI is InChI=1S/C31H28O6S/c1-4-8-23-9-14-26(15-10-23)36-30(33)24-11-16-27(17-12-24)37-31(34)25-13-18-28(22(3)21-25)38-20-7-6-19-35-29(32)5-2/h5,9-18,21H,2,6-7,19-20H2,1,3H3. The summed E-state index contributed by atoms with van der Waals surface area (Å²) >= 11 is 1.68. The molecule has 3 aromatic carbocycles. The second-order valence-corrected chi connectivity index (χ2v) is 9.25. The minimum Gasteiger partial charge on any atom is -0.463 e. The molecule has 0 aliphatic heterocycles. The van der Waals surface area contributed by atoms with Gasteiger partial charge in [0.05, 0.1) is 17.7 Å². The molecule has 0 fully saturated rings. The van der Waals surface area contributed by atoms with Crippen LogP contribution < -0.4 is 9.47 Å². The Bertz CT molecular complexity index is 1350. The quantitative estimate of drug-likeness (QED) is 0.0711. The number of unbranched alkanes of at least 4 members (excludes halogenated alkanes) is 1. The number of carbonyl (C=O) groups excluding carboxylic acids is 3. The van der Waals surface area contributed by atoms with Crippen LogP contribution in [0.5, 0.6) is 11.5 Å². The van der Waals surface area contributed by atoms with Gasteiger partial charge in [-0.25, -0.2) is 14.4 Å². The van der Waals surface area contributed by atoms with Crippen LogP contribution in [0.2, 0.25) is 0 Å². The van der Waals surface area contributed by atoms with Gasteiger partial charge in [-0.1, -0.05) is 12.5 Å². The number of ether oxygens (including phenoxy) is 3. The van der Waals surface area contributed by atoms with E-state index in [1.807, 2.05) is 13.0 Å². The Kier molecular flexibility index (Phi) is 10.8. The molecular formula is C31H28O6S. The van der Waals surface area contributed by atoms with Gasteiger partial charge in [0.1, 0.15) is 11.5 Å². The van der Waals surface area contributed by atoms with E-state index in [2.05, 4.69) is 18.4 Å². The highest BCUT2D eigenvalue weighted by Crippen LogP contribution is 2.25. The molecule has 38 heavy (non-hydrogen) atoms. The first kappa shape index (κ1) is 28.3. The Balaban J connectivity index is 1.49. The number of carbonyl (C=O) groups is 3. The molecule has 3 rings (SSSR count). The van der Waals surface area contributed by atoms with Gasteiger partial charge in [-0.15, -0.1) is 17.7 Å². The molecule has 0 atom stereocenters. The van der Waals surface area contributed by atoms with Gasteiger partial charge in [-0.3, -0.25) is 0 Å². The van der Waals surface area contributed by atoms with Gasteiger partial charge >= 0.3 is 17.9 Å². The number of thioether (sulfide) groups is 1. The molecule has 0 aliphatic rings. The monoisotopic (exact) mass is 528 g/mol. The van der Waals surface area contributed by atoms with Crippen LogP contribution in [-0.4, -0.2) is 30.3 Å². The third kappa shape index (κ3) is 8.68. The van der Waals surface area contributed by atoms with E-state index in [1.54, 1.807) is 79.3 Å². The Morgan fingerprint density at radius 2 is 1.47 bits per heavy atom. The normalized spacial score (nSPS) is 10.1. The number of rotatable bonds is 11. The first-order chi connectivity index (χ1) is 18.4. The minimum atomic E-state index is -0.515. The van der Waals surface area contributed by atoms with Crippen molar-refractivity contribution >= 4 is 29.7 Å². The SMILES string of the molecule is C=CC(=O)OCCCCSc1ccc(C(=O)Oc2ccc(C(=O)Oc3ccc(C#CC)cc3)cc2)cc1C. The zero-order chi connectivity index (χ0) is 27.3. The van der Waals surface area contributed by atoms with Gasteiger partial charge in [-0.05, 0) is 105 Å². The second-order valence-electron chi connectivity index (χ2n) is 8.11. The molecule has 7 heteroatoms. The van der Waals surface area contributed by atoms with Crippen LogP contribution >= 0.6 is 11.8 Å². The van der Waals surface area contributed by atoms with Gasteiger partial charge in [0.25, 0.3) is 0 Å². The molecule has 0 saturated heterocycles. The van der Waals surface area contributed by atoms with Crippen molar-refractivity contribution in [3.63, 3.8) is 0 Å². The van der Waals surface area contributed by atoms with E-state index < -0.39 is 17.9 Å². The number of benzene rings is 3. The van der Waals surface area contributed by atoms with Crippen LogP contribution in [0.25, 0.3) is 0 Å². The van der Waals surface area contributed by atoms with Gasteiger partial charge in [0, 0.05) is 16.5 Å². The van der Waals surface area contributed by atoms with Crippen molar-refractivity contribution in [1.29, 1.82) is 0 Å². The molecule has 0 amide bonds. The van der Waals surface area contributed by atoms with Crippen molar-refractivity contribution in [2.45, 2.75) is 31.6 Å². The Labute approximate surface area is 227 Å². The molecular weight excluding hydrogens is 500 g/mol. The molecule has 0 heterocycles. The zero-order valence-corrected chi connectivity index (χ0v) is 22.1. The van der Waals surface area contributed by atoms with Crippen LogP contribution in [-0.2, 0) is 9.53 Å². The van der Waals surface area contributed by atoms with Crippen molar-refractivity contribution in [2.24, 2.45) is 0 Å². The molecule has 0 unspecified atom stereocenters. The van der Waals surface area contributed by atoms with Crippen molar-refractivity contribution in [3.05, 3.63) is 102 Å². The highest BCUT2D eigenvalue weighted by atomic mass is 32.2. The van der Waals surface area contributed by atoms with Crippen molar-refractivity contribution < 1.29 is 28.6 Å². The molecule has 3 aromatic rings. The van der Waals surface area contributed by atoms with E-state index in [4.69, 9.17) is 14.2 Å². The van der Waals surface area contributed by atoms with E-state index in [0.29, 0.717) is 29.2 Å². The maximum absolute atomic E-state index is 12.6. The second kappa shape index (κ2) is 14.5. The minimum absolute atomic E-state index is 0.322. The number of esters is 3. The molecule has 0 bridgehead atoms. The summed E-state index contributed by atoms with van der Waals surface area (Å²) in [6.07, 6.45) is 2.82. The van der Waals surface area contributed by atoms with Gasteiger partial charge in [0.2, 0.25) is 0 Å². The fourth-order valence-electron chi connectivity index (χ4n) is 3.30. The molecule has 0 spiro atoms. The Morgan fingerprint density at radius 1 is 0.868 bits per heavy atom. The maximum atomic E-state index is 12.6. The molecule has 0 aliphatic carbocycles. The molecule has 0 saturated carbocycles. The molecule has 0 N–H and O–H groups in total. The lowest BCUT2D eigenvalue weighted by Gasteiger charge is -2.09. The summed E-state index contributed by atoms with van der Waals surface area (Å²) in [6.45, 7) is 7.44. The third-order valence-electron chi connectivity index (χ3n) is 5.25. The van der Waals surface area contributed by atoms with Crippen LogP contribution in [0.3, 0.4) is 0 Å². The van der Waals surface area contributed by atoms with Crippen LogP contribution in [0.15, 0.2) is 84.3 Å². The average molecular weight is 529 g/mol. The molecule has 6 nitrogen and oxygen atoms in total. The van der Waals surface area contributed by atoms with Gasteiger partial charge in [-0.2, -0.15) is 0 Å². The van der Waals surface area contributed by atoms with E-state index in [1.165, 1.54) is 0 Å². The van der Waals surface area contributed by atoms with E-state index in [-0.39, 0.29) is 0 Å². The lowest BCUT2D eigenvalue weighted by molar-refractivity contribution is -0.137. The summed E-state index contributed by atoms with van der Waals surface area (Å²) in [4.78, 5) is 37.2. The third-order valence-corrected chi connectivity index (χ3v) is 6.51. The molecule has 194 valence electrons. The predicted molar refractivity (Wildman–Crippen MR) is 148 cm³/mol. The fourth-order valence-corrected chi connectivity index (χ4v) is 4.32. The summed E-state index contributed by atoms with van der Waals surface area (Å²) in [5, 5.41) is 0. The summed E-state index contributed by atoms with van der Waals surface area (Å²) in [5.41, 5.74) is 2.57. The first-order valence-electron chi connectivity index (χ1n) is 12.0. The zero-order valence-electron chi connectivity index (χ0n) is 21.3. The Hall–Kier alpha value is -4.28. The topological polar surface area (TPSA) is 78.9 Å². The molecule has 0 aromatic heterocycles. The maximum Gasteiger partial charge on any atom is 0.343 e. The van der Waals surface area contributed by atoms with E-state index in [9.17, 15) is 14.4 Å². The highest BCUT2D eigenvalue weighted by Gasteiger charge is 2.13. The number of aryl methyl sites for hydroxylation is 1. The first-order valence-corrected chi connectivity index (χ1v) is 13.0. The van der Waals surface area contributed by atoms with Crippen molar-refractivity contribution in [1.82, 2.24) is 0 Å². The molecule has 0 radical (unpaired) electrons. The highest BCUT2D eigenvalue weighted by molar-refractivity contribution is 7.99. The van der Waals surface area contributed by atoms with Crippen LogP contribution in [0, 0.1) is 18.8 Å². The van der Waals surface area contributed by atoms with Gasteiger partial charge in [0.15, 0.2) is 0 Å². The summed E-state index contributed by atoms with van der Waals surface area (Å²) in [6, 6.07) is 18.5. The van der Waals surface area contributed by atoms with Crippen molar-refractivity contribution in [2.75, 3.05) is 12.4 Å². The Morgan fingerprint density at radius 3 is 2.08 bits per heavy atom. The summed E-state index contributed by atoms with van der Waals surface area (Å²) < 4.78 is 15.8. The van der Waals surface area contributed by atoms with Gasteiger partial charge < -0.3 is 14.2 Å². The fraction of sp³-hybridized carbons (Fsp3) is 0.194. The number of hydrogen-bond donors (Lipinski definition) is 0. The van der Waals surface area contributed by atoms with Crippen LogP contribution in [0.1, 0.15) is 51.6 Å². The average Bonchev–Trinajstić information content (AvgIpc) is 2.92. The largest absolute Gasteiger partial charge is 0.463 e.